The summed E-state index contributed by atoms with van der Waals surface area (Å²) < 4.78 is 0. The monoisotopic (exact) mass is 412 g/mol. The molecule has 3 heteroatoms. The smallest absolute Gasteiger partial charge is 0.0811 e. The van der Waals surface area contributed by atoms with Crippen LogP contribution in [0, 0.1) is 23.2 Å². The second kappa shape index (κ2) is 8.76. The van der Waals surface area contributed by atoms with Crippen LogP contribution >= 0.6 is 0 Å². The molecule has 4 rings (SSSR count). The minimum atomic E-state index is -0.620. The molecule has 3 N–H and O–H groups in total. The molecule has 0 amide bonds. The van der Waals surface area contributed by atoms with E-state index >= 15 is 0 Å². The average molecular weight is 413 g/mol. The van der Waals surface area contributed by atoms with E-state index in [9.17, 15) is 15.3 Å². The molecular formula is C27H40O3. The van der Waals surface area contributed by atoms with Gasteiger partial charge >= 0.3 is 0 Å². The van der Waals surface area contributed by atoms with Crippen molar-refractivity contribution in [2.45, 2.75) is 96.4 Å². The standard InChI is InChI=1S/C27H40O3/c1-17(14-21-6-4-8-25(21)29)23-11-12-24-19(7-5-13-27(23,24)3)9-10-20-15-22(28)16-26(30)18(20)2/h9-10,14,17,22-26,28-30H,2,4-8,11-13,15-16H2,1,3H3/t17-,22-,23-,24?,25?,26+,27-/m1/s1. The van der Waals surface area contributed by atoms with Gasteiger partial charge in [0.1, 0.15) is 0 Å². The van der Waals surface area contributed by atoms with Crippen LogP contribution in [-0.2, 0) is 0 Å². The number of hydrogen-bond acceptors (Lipinski definition) is 3. The lowest BCUT2D eigenvalue weighted by Gasteiger charge is -2.44. The zero-order chi connectivity index (χ0) is 21.5. The summed E-state index contributed by atoms with van der Waals surface area (Å²) in [5, 5.41) is 30.4. The Morgan fingerprint density at radius 1 is 1.00 bits per heavy atom. The summed E-state index contributed by atoms with van der Waals surface area (Å²) in [5.74, 6) is 1.81. The molecule has 0 aromatic heterocycles. The van der Waals surface area contributed by atoms with Crippen molar-refractivity contribution in [3.63, 3.8) is 0 Å². The maximum Gasteiger partial charge on any atom is 0.0811 e. The van der Waals surface area contributed by atoms with Gasteiger partial charge in [0, 0.05) is 6.42 Å². The summed E-state index contributed by atoms with van der Waals surface area (Å²) in [6.07, 6.45) is 15.8. The quantitative estimate of drug-likeness (QED) is 0.556. The van der Waals surface area contributed by atoms with Crippen molar-refractivity contribution in [1.82, 2.24) is 0 Å². The molecule has 0 spiro atoms. The maximum atomic E-state index is 10.2. The molecule has 7 atom stereocenters. The third-order valence-electron chi connectivity index (χ3n) is 8.78. The zero-order valence-electron chi connectivity index (χ0n) is 18.8. The summed E-state index contributed by atoms with van der Waals surface area (Å²) in [4.78, 5) is 0. The van der Waals surface area contributed by atoms with Crippen molar-refractivity contribution in [2.24, 2.45) is 23.2 Å². The second-order valence-corrected chi connectivity index (χ2v) is 10.7. The van der Waals surface area contributed by atoms with E-state index in [1.165, 1.54) is 31.3 Å². The summed E-state index contributed by atoms with van der Waals surface area (Å²) in [7, 11) is 0. The van der Waals surface area contributed by atoms with E-state index in [1.807, 2.05) is 0 Å². The van der Waals surface area contributed by atoms with Gasteiger partial charge in [0.2, 0.25) is 0 Å². The first-order chi connectivity index (χ1) is 14.3. The van der Waals surface area contributed by atoms with Gasteiger partial charge in [-0.15, -0.1) is 0 Å². The number of hydrogen-bond donors (Lipinski definition) is 3. The normalized spacial score (nSPS) is 44.8. The fourth-order valence-electron chi connectivity index (χ4n) is 7.11. The second-order valence-electron chi connectivity index (χ2n) is 10.7. The molecule has 3 nitrogen and oxygen atoms in total. The van der Waals surface area contributed by atoms with Crippen molar-refractivity contribution in [2.75, 3.05) is 0 Å². The van der Waals surface area contributed by atoms with Crippen LogP contribution in [0.3, 0.4) is 0 Å². The highest BCUT2D eigenvalue weighted by molar-refractivity contribution is 5.38. The third kappa shape index (κ3) is 4.13. The predicted octanol–water partition coefficient (Wildman–Crippen LogP) is 5.23. The fraction of sp³-hybridized carbons (Fsp3) is 0.704. The lowest BCUT2D eigenvalue weighted by Crippen LogP contribution is -2.35. The molecule has 0 aromatic rings. The van der Waals surface area contributed by atoms with Crippen LogP contribution in [0.1, 0.15) is 78.1 Å². The Balaban J connectivity index is 1.53. The number of allylic oxidation sites excluding steroid dienone is 4. The lowest BCUT2D eigenvalue weighted by atomic mass is 9.61. The van der Waals surface area contributed by atoms with Crippen molar-refractivity contribution in [1.29, 1.82) is 0 Å². The van der Waals surface area contributed by atoms with E-state index in [0.717, 1.165) is 36.8 Å². The van der Waals surface area contributed by atoms with Gasteiger partial charge in [-0.1, -0.05) is 44.2 Å². The van der Waals surface area contributed by atoms with Crippen LogP contribution in [0.25, 0.3) is 0 Å². The highest BCUT2D eigenvalue weighted by atomic mass is 16.3. The molecule has 4 saturated carbocycles. The SMILES string of the molecule is C=C1C(=CC=C2CCC[C@@]3(C)C2CC[C@@H]3[C@H](C)C=C2CCCC2O)C[C@@H](O)C[C@@H]1O. The average Bonchev–Trinajstić information content (AvgIpc) is 3.26. The summed E-state index contributed by atoms with van der Waals surface area (Å²) >= 11 is 0. The Labute approximate surface area is 182 Å². The Hall–Kier alpha value is -1.16. The molecular weight excluding hydrogens is 372 g/mol. The zero-order valence-corrected chi connectivity index (χ0v) is 18.8. The highest BCUT2D eigenvalue weighted by Crippen LogP contribution is 2.59. The number of aliphatic hydroxyl groups is 3. The minimum absolute atomic E-state index is 0.208. The van der Waals surface area contributed by atoms with Crippen molar-refractivity contribution in [3.8, 4) is 0 Å². The van der Waals surface area contributed by atoms with E-state index in [1.54, 1.807) is 5.57 Å². The first-order valence-corrected chi connectivity index (χ1v) is 12.1. The third-order valence-corrected chi connectivity index (χ3v) is 8.78. The molecule has 4 aliphatic rings. The Morgan fingerprint density at radius 2 is 1.77 bits per heavy atom. The molecule has 30 heavy (non-hydrogen) atoms. The maximum absolute atomic E-state index is 10.2. The molecule has 166 valence electrons. The van der Waals surface area contributed by atoms with Gasteiger partial charge in [-0.05, 0) is 97.7 Å². The molecule has 0 radical (unpaired) electrons. The topological polar surface area (TPSA) is 60.7 Å². The van der Waals surface area contributed by atoms with Gasteiger partial charge in [-0.25, -0.2) is 0 Å². The van der Waals surface area contributed by atoms with Crippen LogP contribution in [0.2, 0.25) is 0 Å². The van der Waals surface area contributed by atoms with Gasteiger partial charge < -0.3 is 15.3 Å². The molecule has 0 aliphatic heterocycles. The first kappa shape index (κ1) is 22.0. The van der Waals surface area contributed by atoms with E-state index < -0.39 is 12.2 Å². The van der Waals surface area contributed by atoms with Crippen LogP contribution in [-0.4, -0.2) is 33.6 Å². The van der Waals surface area contributed by atoms with E-state index in [-0.39, 0.29) is 6.10 Å². The van der Waals surface area contributed by atoms with E-state index in [2.05, 4.69) is 38.7 Å². The lowest BCUT2D eigenvalue weighted by molar-refractivity contribution is 0.0862. The molecule has 2 unspecified atom stereocenters. The van der Waals surface area contributed by atoms with Crippen molar-refractivity contribution < 1.29 is 15.3 Å². The van der Waals surface area contributed by atoms with Crippen LogP contribution < -0.4 is 0 Å². The molecule has 0 bridgehead atoms. The predicted molar refractivity (Wildman–Crippen MR) is 122 cm³/mol. The van der Waals surface area contributed by atoms with Crippen LogP contribution in [0.15, 0.2) is 47.1 Å². The van der Waals surface area contributed by atoms with E-state index in [0.29, 0.717) is 36.0 Å². The number of aliphatic hydroxyl groups excluding tert-OH is 3. The van der Waals surface area contributed by atoms with Gasteiger partial charge in [-0.2, -0.15) is 0 Å². The first-order valence-electron chi connectivity index (χ1n) is 12.1. The van der Waals surface area contributed by atoms with Gasteiger partial charge in [0.25, 0.3) is 0 Å². The number of rotatable bonds is 3. The fourth-order valence-corrected chi connectivity index (χ4v) is 7.11. The molecule has 0 saturated heterocycles. The largest absolute Gasteiger partial charge is 0.393 e. The van der Waals surface area contributed by atoms with Crippen molar-refractivity contribution >= 4 is 0 Å². The minimum Gasteiger partial charge on any atom is -0.393 e. The Morgan fingerprint density at radius 3 is 2.50 bits per heavy atom. The van der Waals surface area contributed by atoms with Gasteiger partial charge in [0.15, 0.2) is 0 Å². The summed E-state index contributed by atoms with van der Waals surface area (Å²) in [5.41, 5.74) is 4.92. The van der Waals surface area contributed by atoms with E-state index in [4.69, 9.17) is 0 Å². The molecule has 4 fully saturated rings. The molecule has 4 aliphatic carbocycles. The van der Waals surface area contributed by atoms with Crippen LogP contribution in [0.5, 0.6) is 0 Å². The van der Waals surface area contributed by atoms with Crippen molar-refractivity contribution in [3.05, 3.63) is 47.1 Å². The Bertz CT molecular complexity index is 760. The summed E-state index contributed by atoms with van der Waals surface area (Å²) in [6, 6.07) is 0. The highest BCUT2D eigenvalue weighted by Gasteiger charge is 2.50. The van der Waals surface area contributed by atoms with Crippen LogP contribution in [0.4, 0.5) is 0 Å². The molecule has 0 heterocycles. The van der Waals surface area contributed by atoms with Gasteiger partial charge in [-0.3, -0.25) is 0 Å². The molecule has 0 aromatic carbocycles. The summed E-state index contributed by atoms with van der Waals surface area (Å²) in [6.45, 7) is 8.93. The Kier molecular flexibility index (Phi) is 6.44. The number of fused-ring (bicyclic) bond motifs is 1. The van der Waals surface area contributed by atoms with Gasteiger partial charge in [0.05, 0.1) is 18.3 Å².